The molecule has 0 aliphatic rings. The van der Waals surface area contributed by atoms with Gasteiger partial charge in [-0.15, -0.1) is 0 Å². The topological polar surface area (TPSA) is 6.48 Å². The molecule has 2 nitrogen and oxygen atoms in total. The minimum Gasteiger partial charge on any atom is -0.310 e. The number of anilines is 6. The van der Waals surface area contributed by atoms with Gasteiger partial charge in [0.1, 0.15) is 0 Å². The van der Waals surface area contributed by atoms with Crippen LogP contribution in [0.5, 0.6) is 0 Å². The van der Waals surface area contributed by atoms with Crippen molar-refractivity contribution < 1.29 is 0 Å². The smallest absolute Gasteiger partial charge is 0.0540 e. The second-order valence-electron chi connectivity index (χ2n) is 21.7. The van der Waals surface area contributed by atoms with Crippen molar-refractivity contribution in [3.63, 3.8) is 0 Å². The highest BCUT2D eigenvalue weighted by molar-refractivity contribution is 5.98. The second kappa shape index (κ2) is 24.3. The maximum atomic E-state index is 2.42. The molecule has 0 aliphatic heterocycles. The SMILES string of the molecule is c1cc(-c2ccc3ccccc3c2)cc(N(c2cccc(-c3ccc4ccccc4c3)c2)c2cccc(-c3ccc4ccccc4c3)c2)c1.c1ccc(-c2ccccc2N(c2ccccc2-c2ccccc2)c2ccccc2-c2ccccc2)cc1. The second-order valence-corrected chi connectivity index (χ2v) is 21.7. The Morgan fingerprint density at radius 3 is 0.698 bits per heavy atom. The minimum absolute atomic E-state index is 1.11. The molecule has 0 fully saturated rings. The summed E-state index contributed by atoms with van der Waals surface area (Å²) in [5.74, 6) is 0. The van der Waals surface area contributed by atoms with Crippen LogP contribution in [0.15, 0.2) is 364 Å². The molecular weight excluding hydrogens is 1040 g/mol. The lowest BCUT2D eigenvalue weighted by Gasteiger charge is -2.31. The summed E-state index contributed by atoms with van der Waals surface area (Å²) in [6, 6.07) is 131. The average Bonchev–Trinajstić information content (AvgIpc) is 2.33. The Morgan fingerprint density at radius 1 is 0.140 bits per heavy atom. The highest BCUT2D eigenvalue weighted by Gasteiger charge is 2.23. The van der Waals surface area contributed by atoms with Gasteiger partial charge < -0.3 is 9.80 Å². The molecule has 0 aliphatic carbocycles. The molecule has 0 N–H and O–H groups in total. The fourth-order valence-electron chi connectivity index (χ4n) is 12.0. The summed E-state index contributed by atoms with van der Waals surface area (Å²) in [4.78, 5) is 4.81. The first-order valence-electron chi connectivity index (χ1n) is 29.5. The molecular formula is C84H60N2. The van der Waals surface area contributed by atoms with Gasteiger partial charge in [-0.05, 0) is 155 Å². The van der Waals surface area contributed by atoms with Gasteiger partial charge in [-0.3, -0.25) is 0 Å². The van der Waals surface area contributed by atoms with Crippen LogP contribution in [0, 0.1) is 0 Å². The summed E-state index contributed by atoms with van der Waals surface area (Å²) in [5.41, 5.74) is 21.1. The maximum Gasteiger partial charge on any atom is 0.0540 e. The van der Waals surface area contributed by atoms with Gasteiger partial charge in [-0.1, -0.05) is 291 Å². The van der Waals surface area contributed by atoms with E-state index < -0.39 is 0 Å². The fraction of sp³-hybridized carbons (Fsp3) is 0. The van der Waals surface area contributed by atoms with E-state index in [-0.39, 0.29) is 0 Å². The van der Waals surface area contributed by atoms with Gasteiger partial charge in [0.25, 0.3) is 0 Å². The zero-order valence-electron chi connectivity index (χ0n) is 47.5. The van der Waals surface area contributed by atoms with Crippen LogP contribution in [0.25, 0.3) is 99.1 Å². The molecule has 0 unspecified atom stereocenters. The van der Waals surface area contributed by atoms with E-state index in [0.29, 0.717) is 0 Å². The van der Waals surface area contributed by atoms with Crippen LogP contribution < -0.4 is 9.80 Å². The van der Waals surface area contributed by atoms with E-state index in [9.17, 15) is 0 Å². The third-order valence-corrected chi connectivity index (χ3v) is 16.3. The summed E-state index contributed by atoms with van der Waals surface area (Å²) in [6.07, 6.45) is 0. The number of para-hydroxylation sites is 3. The van der Waals surface area contributed by atoms with E-state index in [2.05, 4.69) is 374 Å². The Labute approximate surface area is 504 Å². The molecule has 0 bridgehead atoms. The molecule has 0 saturated carbocycles. The van der Waals surface area contributed by atoms with Gasteiger partial charge >= 0.3 is 0 Å². The van der Waals surface area contributed by atoms with Crippen molar-refractivity contribution >= 4 is 66.4 Å². The normalized spacial score (nSPS) is 11.0. The van der Waals surface area contributed by atoms with Gasteiger partial charge in [-0.2, -0.15) is 0 Å². The van der Waals surface area contributed by atoms with Gasteiger partial charge in [0, 0.05) is 33.8 Å². The first-order chi connectivity index (χ1) is 42.6. The van der Waals surface area contributed by atoms with Gasteiger partial charge in [0.05, 0.1) is 17.1 Å². The van der Waals surface area contributed by atoms with Crippen molar-refractivity contribution in [3.05, 3.63) is 364 Å². The first kappa shape index (κ1) is 52.7. The van der Waals surface area contributed by atoms with E-state index in [1.807, 2.05) is 0 Å². The standard InChI is InChI=1S/C48H33N.C36H27N/c1-4-13-37-28-43(25-22-34(37)10-1)40-16-7-19-46(31-40)49(47-20-8-17-41(32-47)44-26-23-35-11-2-5-14-38(35)29-44)48-21-9-18-42(33-48)45-27-24-36-12-3-6-15-39(36)30-45;1-4-16-28(17-5-1)31-22-10-13-25-34(31)37(35-26-14-11-23-32(35)29-18-6-2-7-19-29)36-27-15-12-24-33(36)30-20-8-3-9-21-30/h1-33H;1-27H. The molecule has 0 amide bonds. The fourth-order valence-corrected chi connectivity index (χ4v) is 12.0. The molecule has 406 valence electrons. The predicted octanol–water partition coefficient (Wildman–Crippen LogP) is 23.8. The largest absolute Gasteiger partial charge is 0.310 e. The molecule has 15 rings (SSSR count). The molecule has 0 heterocycles. The summed E-state index contributed by atoms with van der Waals surface area (Å²) < 4.78 is 0. The van der Waals surface area contributed by atoms with Crippen LogP contribution in [-0.4, -0.2) is 0 Å². The van der Waals surface area contributed by atoms with Crippen LogP contribution in [0.4, 0.5) is 34.1 Å². The van der Waals surface area contributed by atoms with Crippen molar-refractivity contribution in [2.75, 3.05) is 9.80 Å². The quantitative estimate of drug-likeness (QED) is 0.120. The molecule has 0 spiro atoms. The van der Waals surface area contributed by atoms with Crippen molar-refractivity contribution in [1.82, 2.24) is 0 Å². The summed E-state index contributed by atoms with van der Waals surface area (Å²) in [5, 5.41) is 7.48. The molecule has 15 aromatic carbocycles. The van der Waals surface area contributed by atoms with E-state index >= 15 is 0 Å². The monoisotopic (exact) mass is 1100 g/mol. The number of hydrogen-bond donors (Lipinski definition) is 0. The maximum absolute atomic E-state index is 2.42. The molecule has 0 aromatic heterocycles. The van der Waals surface area contributed by atoms with Gasteiger partial charge in [-0.25, -0.2) is 0 Å². The third-order valence-electron chi connectivity index (χ3n) is 16.3. The third kappa shape index (κ3) is 11.1. The van der Waals surface area contributed by atoms with Crippen LogP contribution in [-0.2, 0) is 0 Å². The Bertz CT molecular complexity index is 4350. The molecule has 15 aromatic rings. The number of benzene rings is 15. The molecule has 2 heteroatoms. The zero-order chi connectivity index (χ0) is 57.4. The Hall–Kier alpha value is -11.3. The van der Waals surface area contributed by atoms with Crippen molar-refractivity contribution in [2.24, 2.45) is 0 Å². The van der Waals surface area contributed by atoms with Crippen LogP contribution in [0.1, 0.15) is 0 Å². The Balaban J connectivity index is 0.000000158. The number of rotatable bonds is 12. The predicted molar refractivity (Wildman–Crippen MR) is 367 cm³/mol. The van der Waals surface area contributed by atoms with Crippen LogP contribution >= 0.6 is 0 Å². The molecule has 0 saturated heterocycles. The highest BCUT2D eigenvalue weighted by Crippen LogP contribution is 2.48. The average molecular weight is 1100 g/mol. The van der Waals surface area contributed by atoms with Crippen LogP contribution in [0.2, 0.25) is 0 Å². The Morgan fingerprint density at radius 2 is 0.384 bits per heavy atom. The van der Waals surface area contributed by atoms with E-state index in [0.717, 1.165) is 34.1 Å². The highest BCUT2D eigenvalue weighted by atomic mass is 15.2. The lowest BCUT2D eigenvalue weighted by molar-refractivity contribution is 1.28. The first-order valence-corrected chi connectivity index (χ1v) is 29.5. The number of nitrogens with zero attached hydrogens (tertiary/aromatic N) is 2. The lowest BCUT2D eigenvalue weighted by Crippen LogP contribution is -2.13. The summed E-state index contributed by atoms with van der Waals surface area (Å²) in [7, 11) is 0. The molecule has 86 heavy (non-hydrogen) atoms. The van der Waals surface area contributed by atoms with E-state index in [4.69, 9.17) is 0 Å². The van der Waals surface area contributed by atoms with Crippen molar-refractivity contribution in [1.29, 1.82) is 0 Å². The van der Waals surface area contributed by atoms with Gasteiger partial charge in [0.2, 0.25) is 0 Å². The minimum atomic E-state index is 1.11. The number of fused-ring (bicyclic) bond motifs is 3. The summed E-state index contributed by atoms with van der Waals surface area (Å²) >= 11 is 0. The molecule has 0 atom stereocenters. The Kier molecular flexibility index (Phi) is 14.9. The van der Waals surface area contributed by atoms with E-state index in [1.165, 1.54) is 99.1 Å². The van der Waals surface area contributed by atoms with E-state index in [1.54, 1.807) is 0 Å². The number of hydrogen-bond acceptors (Lipinski definition) is 2. The van der Waals surface area contributed by atoms with Crippen molar-refractivity contribution in [2.45, 2.75) is 0 Å². The van der Waals surface area contributed by atoms with Crippen molar-refractivity contribution in [3.8, 4) is 66.8 Å². The van der Waals surface area contributed by atoms with Gasteiger partial charge in [0.15, 0.2) is 0 Å². The van der Waals surface area contributed by atoms with Crippen LogP contribution in [0.3, 0.4) is 0 Å². The lowest BCUT2D eigenvalue weighted by atomic mass is 9.96. The molecule has 0 radical (unpaired) electrons. The summed E-state index contributed by atoms with van der Waals surface area (Å²) in [6.45, 7) is 0. The zero-order valence-corrected chi connectivity index (χ0v) is 47.5.